The summed E-state index contributed by atoms with van der Waals surface area (Å²) in [5, 5.41) is 0. The van der Waals surface area contributed by atoms with Gasteiger partial charge in [0.1, 0.15) is 5.60 Å². The second kappa shape index (κ2) is 6.56. The maximum Gasteiger partial charge on any atom is 0.344 e. The van der Waals surface area contributed by atoms with E-state index < -0.39 is 30.0 Å². The Morgan fingerprint density at radius 1 is 1.24 bits per heavy atom. The summed E-state index contributed by atoms with van der Waals surface area (Å²) in [6, 6.07) is 2.36. The van der Waals surface area contributed by atoms with Gasteiger partial charge in [0.05, 0.1) is 12.7 Å². The molecule has 0 aliphatic heterocycles. The standard InChI is InChI=1S/C15H19FO5/c1-9-6-12(11(16)7-10(9)14(18)19-5)20-8-13(17)21-15(2,3)4/h6-7H,8H2,1-5H3. The Labute approximate surface area is 123 Å². The Kier molecular flexibility index (Phi) is 5.29. The Morgan fingerprint density at radius 3 is 2.38 bits per heavy atom. The second-order valence-corrected chi connectivity index (χ2v) is 5.46. The zero-order chi connectivity index (χ0) is 16.2. The number of halogens is 1. The SMILES string of the molecule is COC(=O)c1cc(F)c(OCC(=O)OC(C)(C)C)cc1C. The maximum atomic E-state index is 13.8. The summed E-state index contributed by atoms with van der Waals surface area (Å²) in [5.74, 6) is -2.10. The summed E-state index contributed by atoms with van der Waals surface area (Å²) in [7, 11) is 1.21. The maximum absolute atomic E-state index is 13.8. The zero-order valence-electron chi connectivity index (χ0n) is 12.8. The van der Waals surface area contributed by atoms with Gasteiger partial charge in [0.2, 0.25) is 0 Å². The lowest BCUT2D eigenvalue weighted by Gasteiger charge is -2.19. The average Bonchev–Trinajstić information content (AvgIpc) is 2.36. The number of hydrogen-bond acceptors (Lipinski definition) is 5. The second-order valence-electron chi connectivity index (χ2n) is 5.46. The number of aryl methyl sites for hydroxylation is 1. The van der Waals surface area contributed by atoms with Crippen LogP contribution in [0.2, 0.25) is 0 Å². The van der Waals surface area contributed by atoms with E-state index in [1.165, 1.54) is 13.2 Å². The molecule has 0 bridgehead atoms. The molecule has 0 N–H and O–H groups in total. The first-order chi connectivity index (χ1) is 9.64. The van der Waals surface area contributed by atoms with Crippen LogP contribution in [0.1, 0.15) is 36.7 Å². The first kappa shape index (κ1) is 16.9. The summed E-state index contributed by atoms with van der Waals surface area (Å²) in [6.07, 6.45) is 0. The van der Waals surface area contributed by atoms with Crippen LogP contribution in [-0.2, 0) is 14.3 Å². The molecule has 5 nitrogen and oxygen atoms in total. The van der Waals surface area contributed by atoms with Crippen molar-refractivity contribution in [2.24, 2.45) is 0 Å². The molecule has 116 valence electrons. The van der Waals surface area contributed by atoms with E-state index in [0.717, 1.165) is 6.07 Å². The number of carbonyl (C=O) groups is 2. The Hall–Kier alpha value is -2.11. The normalized spacial score (nSPS) is 11.0. The lowest BCUT2D eigenvalue weighted by molar-refractivity contribution is -0.157. The van der Waals surface area contributed by atoms with Crippen LogP contribution in [0.4, 0.5) is 4.39 Å². The summed E-state index contributed by atoms with van der Waals surface area (Å²) < 4.78 is 28.5. The van der Waals surface area contributed by atoms with Crippen molar-refractivity contribution in [2.75, 3.05) is 13.7 Å². The van der Waals surface area contributed by atoms with Gasteiger partial charge < -0.3 is 14.2 Å². The van der Waals surface area contributed by atoms with Gasteiger partial charge in [0.25, 0.3) is 0 Å². The van der Waals surface area contributed by atoms with Gasteiger partial charge in [-0.1, -0.05) is 0 Å². The van der Waals surface area contributed by atoms with Crippen molar-refractivity contribution in [3.8, 4) is 5.75 Å². The molecule has 1 rings (SSSR count). The van der Waals surface area contributed by atoms with Crippen LogP contribution in [0.5, 0.6) is 5.75 Å². The van der Waals surface area contributed by atoms with E-state index in [9.17, 15) is 14.0 Å². The Balaban J connectivity index is 2.80. The van der Waals surface area contributed by atoms with E-state index in [1.54, 1.807) is 27.7 Å². The number of carbonyl (C=O) groups excluding carboxylic acids is 2. The molecule has 0 spiro atoms. The molecular weight excluding hydrogens is 279 g/mol. The minimum atomic E-state index is -0.746. The van der Waals surface area contributed by atoms with Crippen LogP contribution in [-0.4, -0.2) is 31.3 Å². The topological polar surface area (TPSA) is 61.8 Å². The zero-order valence-corrected chi connectivity index (χ0v) is 12.8. The number of rotatable bonds is 4. The van der Waals surface area contributed by atoms with Crippen molar-refractivity contribution >= 4 is 11.9 Å². The van der Waals surface area contributed by atoms with Crippen molar-refractivity contribution in [1.29, 1.82) is 0 Å². The van der Waals surface area contributed by atoms with Gasteiger partial charge in [-0.3, -0.25) is 0 Å². The molecule has 0 aliphatic rings. The molecule has 0 atom stereocenters. The van der Waals surface area contributed by atoms with Gasteiger partial charge in [-0.2, -0.15) is 0 Å². The van der Waals surface area contributed by atoms with Crippen molar-refractivity contribution in [3.63, 3.8) is 0 Å². The summed E-state index contributed by atoms with van der Waals surface area (Å²) in [6.45, 7) is 6.37. The predicted molar refractivity (Wildman–Crippen MR) is 73.8 cm³/mol. The average molecular weight is 298 g/mol. The van der Waals surface area contributed by atoms with Crippen LogP contribution in [0, 0.1) is 12.7 Å². The predicted octanol–water partition coefficient (Wildman–Crippen LogP) is 2.64. The minimum Gasteiger partial charge on any atom is -0.479 e. The van der Waals surface area contributed by atoms with Gasteiger partial charge >= 0.3 is 11.9 Å². The summed E-state index contributed by atoms with van der Waals surface area (Å²) >= 11 is 0. The third-order valence-electron chi connectivity index (χ3n) is 2.45. The molecule has 0 heterocycles. The van der Waals surface area contributed by atoms with E-state index in [0.29, 0.717) is 5.56 Å². The van der Waals surface area contributed by atoms with Gasteiger partial charge in [-0.05, 0) is 45.4 Å². The number of methoxy groups -OCH3 is 1. The lowest BCUT2D eigenvalue weighted by Crippen LogP contribution is -2.27. The first-order valence-corrected chi connectivity index (χ1v) is 6.37. The fourth-order valence-electron chi connectivity index (χ4n) is 1.60. The summed E-state index contributed by atoms with van der Waals surface area (Å²) in [5.41, 5.74) is -0.0361. The van der Waals surface area contributed by atoms with Crippen LogP contribution >= 0.6 is 0 Å². The van der Waals surface area contributed by atoms with Crippen molar-refractivity contribution in [3.05, 3.63) is 29.1 Å². The van der Waals surface area contributed by atoms with Gasteiger partial charge in [0.15, 0.2) is 18.2 Å². The fourth-order valence-corrected chi connectivity index (χ4v) is 1.60. The molecule has 0 saturated heterocycles. The molecular formula is C15H19FO5. The Bertz CT molecular complexity index is 546. The summed E-state index contributed by atoms with van der Waals surface area (Å²) in [4.78, 5) is 22.9. The van der Waals surface area contributed by atoms with Gasteiger partial charge in [-0.25, -0.2) is 14.0 Å². The highest BCUT2D eigenvalue weighted by atomic mass is 19.1. The van der Waals surface area contributed by atoms with Crippen LogP contribution in [0.15, 0.2) is 12.1 Å². The largest absolute Gasteiger partial charge is 0.479 e. The number of hydrogen-bond donors (Lipinski definition) is 0. The van der Waals surface area contributed by atoms with E-state index in [-0.39, 0.29) is 11.3 Å². The molecule has 0 aliphatic carbocycles. The van der Waals surface area contributed by atoms with Gasteiger partial charge in [-0.15, -0.1) is 0 Å². The molecule has 0 radical (unpaired) electrons. The first-order valence-electron chi connectivity index (χ1n) is 6.37. The molecule has 21 heavy (non-hydrogen) atoms. The number of ether oxygens (including phenoxy) is 3. The van der Waals surface area contributed by atoms with E-state index in [2.05, 4.69) is 4.74 Å². The third kappa shape index (κ3) is 5.06. The van der Waals surface area contributed by atoms with E-state index in [4.69, 9.17) is 9.47 Å². The van der Waals surface area contributed by atoms with Crippen molar-refractivity contribution in [2.45, 2.75) is 33.3 Å². The van der Waals surface area contributed by atoms with E-state index >= 15 is 0 Å². The quantitative estimate of drug-likeness (QED) is 0.800. The van der Waals surface area contributed by atoms with E-state index in [1.807, 2.05) is 0 Å². The highest BCUT2D eigenvalue weighted by Gasteiger charge is 2.19. The molecule has 6 heteroatoms. The molecule has 0 unspecified atom stereocenters. The Morgan fingerprint density at radius 2 is 1.86 bits per heavy atom. The lowest BCUT2D eigenvalue weighted by atomic mass is 10.1. The molecule has 0 aromatic heterocycles. The molecule has 1 aromatic carbocycles. The molecule has 1 aromatic rings. The molecule has 0 fully saturated rings. The highest BCUT2D eigenvalue weighted by molar-refractivity contribution is 5.91. The van der Waals surface area contributed by atoms with Crippen LogP contribution < -0.4 is 4.74 Å². The molecule has 0 amide bonds. The monoisotopic (exact) mass is 298 g/mol. The number of esters is 2. The van der Waals surface area contributed by atoms with Crippen molar-refractivity contribution in [1.82, 2.24) is 0 Å². The van der Waals surface area contributed by atoms with Crippen LogP contribution in [0.25, 0.3) is 0 Å². The third-order valence-corrected chi connectivity index (χ3v) is 2.45. The van der Waals surface area contributed by atoms with Crippen molar-refractivity contribution < 1.29 is 28.2 Å². The highest BCUT2D eigenvalue weighted by Crippen LogP contribution is 2.23. The van der Waals surface area contributed by atoms with Crippen LogP contribution in [0.3, 0.4) is 0 Å². The minimum absolute atomic E-state index is 0.111. The fraction of sp³-hybridized carbons (Fsp3) is 0.467. The number of benzene rings is 1. The smallest absolute Gasteiger partial charge is 0.344 e. The van der Waals surface area contributed by atoms with Gasteiger partial charge in [0, 0.05) is 0 Å². The molecule has 0 saturated carbocycles.